The lowest BCUT2D eigenvalue weighted by Crippen LogP contribution is -2.52. The molecule has 1 fully saturated rings. The summed E-state index contributed by atoms with van der Waals surface area (Å²) < 4.78 is 0. The normalized spacial score (nSPS) is 18.7. The number of nitrogens with zero attached hydrogens (tertiary/aromatic N) is 3. The Morgan fingerprint density at radius 3 is 2.67 bits per heavy atom. The van der Waals surface area contributed by atoms with Gasteiger partial charge in [0.15, 0.2) is 0 Å². The van der Waals surface area contributed by atoms with Crippen molar-refractivity contribution in [3.63, 3.8) is 0 Å². The molecule has 18 heavy (non-hydrogen) atoms. The van der Waals surface area contributed by atoms with E-state index in [1.165, 1.54) is 0 Å². The molecule has 0 bridgehead atoms. The number of nitrogens with two attached hydrogens (primary N) is 1. The molecule has 1 saturated heterocycles. The third-order valence-corrected chi connectivity index (χ3v) is 3.45. The molecule has 1 aliphatic heterocycles. The summed E-state index contributed by atoms with van der Waals surface area (Å²) in [5.74, 6) is 0.0238. The first kappa shape index (κ1) is 13.0. The molecular formula is C13H20N4O. The van der Waals surface area contributed by atoms with Crippen molar-refractivity contribution in [3.8, 4) is 0 Å². The van der Waals surface area contributed by atoms with E-state index in [4.69, 9.17) is 5.73 Å². The molecule has 1 unspecified atom stereocenters. The maximum Gasteiger partial charge on any atom is 0.272 e. The lowest BCUT2D eigenvalue weighted by Gasteiger charge is -2.37. The van der Waals surface area contributed by atoms with Gasteiger partial charge in [0.1, 0.15) is 5.69 Å². The molecule has 2 heterocycles. The molecule has 0 aliphatic carbocycles. The van der Waals surface area contributed by atoms with E-state index in [2.05, 4.69) is 16.8 Å². The number of piperazine rings is 1. The zero-order valence-electron chi connectivity index (χ0n) is 10.7. The summed E-state index contributed by atoms with van der Waals surface area (Å²) in [6.07, 6.45) is 1.65. The lowest BCUT2D eigenvalue weighted by molar-refractivity contribution is 0.0583. The van der Waals surface area contributed by atoms with Gasteiger partial charge in [0.2, 0.25) is 0 Å². The fraction of sp³-hybridized carbons (Fsp3) is 0.538. The highest BCUT2D eigenvalue weighted by Gasteiger charge is 2.24. The number of aromatic nitrogens is 1. The summed E-state index contributed by atoms with van der Waals surface area (Å²) in [7, 11) is 0. The molecule has 0 spiro atoms. The van der Waals surface area contributed by atoms with Gasteiger partial charge in [-0.25, -0.2) is 0 Å². The van der Waals surface area contributed by atoms with Crippen LogP contribution in [0.25, 0.3) is 0 Å². The van der Waals surface area contributed by atoms with E-state index >= 15 is 0 Å². The topological polar surface area (TPSA) is 62.5 Å². The van der Waals surface area contributed by atoms with Crippen molar-refractivity contribution >= 4 is 5.91 Å². The van der Waals surface area contributed by atoms with E-state index in [9.17, 15) is 4.79 Å². The standard InChI is InChI=1S/C13H20N4O/c1-11(10-14)16-6-8-17(9-7-16)13(18)12-4-2-3-5-15-12/h2-5,11H,6-10,14H2,1H3. The number of carbonyl (C=O) groups is 1. The second kappa shape index (κ2) is 5.93. The fourth-order valence-electron chi connectivity index (χ4n) is 2.17. The Balaban J connectivity index is 1.92. The quantitative estimate of drug-likeness (QED) is 0.829. The number of pyridine rings is 1. The summed E-state index contributed by atoms with van der Waals surface area (Å²) in [4.78, 5) is 20.5. The number of amides is 1. The lowest BCUT2D eigenvalue weighted by atomic mass is 10.2. The van der Waals surface area contributed by atoms with Crippen LogP contribution >= 0.6 is 0 Å². The number of hydrogen-bond donors (Lipinski definition) is 1. The Kier molecular flexibility index (Phi) is 4.28. The van der Waals surface area contributed by atoms with Crippen LogP contribution in [-0.4, -0.2) is 59.5 Å². The highest BCUT2D eigenvalue weighted by atomic mass is 16.2. The van der Waals surface area contributed by atoms with Crippen molar-refractivity contribution in [2.24, 2.45) is 5.73 Å². The zero-order valence-corrected chi connectivity index (χ0v) is 10.7. The van der Waals surface area contributed by atoms with Crippen molar-refractivity contribution in [1.29, 1.82) is 0 Å². The Morgan fingerprint density at radius 1 is 1.39 bits per heavy atom. The summed E-state index contributed by atoms with van der Waals surface area (Å²) in [6.45, 7) is 6.05. The van der Waals surface area contributed by atoms with E-state index in [1.807, 2.05) is 17.0 Å². The van der Waals surface area contributed by atoms with Crippen LogP contribution in [0, 0.1) is 0 Å². The molecule has 2 rings (SSSR count). The van der Waals surface area contributed by atoms with Crippen molar-refractivity contribution < 1.29 is 4.79 Å². The van der Waals surface area contributed by atoms with Gasteiger partial charge in [0.25, 0.3) is 5.91 Å². The Morgan fingerprint density at radius 2 is 2.11 bits per heavy atom. The summed E-state index contributed by atoms with van der Waals surface area (Å²) >= 11 is 0. The number of rotatable bonds is 3. The molecule has 98 valence electrons. The van der Waals surface area contributed by atoms with E-state index in [0.29, 0.717) is 18.3 Å². The van der Waals surface area contributed by atoms with Crippen LogP contribution in [0.5, 0.6) is 0 Å². The Hall–Kier alpha value is -1.46. The maximum absolute atomic E-state index is 12.2. The largest absolute Gasteiger partial charge is 0.335 e. The minimum atomic E-state index is 0.0238. The molecule has 0 saturated carbocycles. The second-order valence-electron chi connectivity index (χ2n) is 4.63. The predicted octanol–water partition coefficient (Wildman–Crippen LogP) is 0.187. The number of hydrogen-bond acceptors (Lipinski definition) is 4. The monoisotopic (exact) mass is 248 g/mol. The van der Waals surface area contributed by atoms with Crippen molar-refractivity contribution in [1.82, 2.24) is 14.8 Å². The summed E-state index contributed by atoms with van der Waals surface area (Å²) in [6, 6.07) is 5.80. The first-order chi connectivity index (χ1) is 8.72. The Labute approximate surface area is 108 Å². The highest BCUT2D eigenvalue weighted by molar-refractivity contribution is 5.92. The van der Waals surface area contributed by atoms with E-state index in [0.717, 1.165) is 26.2 Å². The van der Waals surface area contributed by atoms with Gasteiger partial charge < -0.3 is 10.6 Å². The van der Waals surface area contributed by atoms with Crippen LogP contribution in [0.1, 0.15) is 17.4 Å². The van der Waals surface area contributed by atoms with Gasteiger partial charge in [-0.15, -0.1) is 0 Å². The smallest absolute Gasteiger partial charge is 0.272 e. The van der Waals surface area contributed by atoms with Crippen LogP contribution in [0.3, 0.4) is 0 Å². The molecule has 1 aliphatic rings. The van der Waals surface area contributed by atoms with Crippen molar-refractivity contribution in [2.75, 3.05) is 32.7 Å². The molecule has 2 N–H and O–H groups in total. The van der Waals surface area contributed by atoms with Crippen LogP contribution in [0.2, 0.25) is 0 Å². The fourth-order valence-corrected chi connectivity index (χ4v) is 2.17. The summed E-state index contributed by atoms with van der Waals surface area (Å²) in [5, 5.41) is 0. The molecule has 5 heteroatoms. The van der Waals surface area contributed by atoms with Crippen LogP contribution in [0.4, 0.5) is 0 Å². The van der Waals surface area contributed by atoms with E-state index in [1.54, 1.807) is 12.3 Å². The van der Waals surface area contributed by atoms with Crippen LogP contribution in [-0.2, 0) is 0 Å². The summed E-state index contributed by atoms with van der Waals surface area (Å²) in [5.41, 5.74) is 6.18. The maximum atomic E-state index is 12.2. The van der Waals surface area contributed by atoms with Gasteiger partial charge in [-0.2, -0.15) is 0 Å². The van der Waals surface area contributed by atoms with Gasteiger partial charge in [0, 0.05) is 45.0 Å². The molecule has 1 aromatic heterocycles. The average molecular weight is 248 g/mol. The molecular weight excluding hydrogens is 228 g/mol. The molecule has 0 radical (unpaired) electrons. The predicted molar refractivity (Wildman–Crippen MR) is 70.2 cm³/mol. The minimum Gasteiger partial charge on any atom is -0.335 e. The second-order valence-corrected chi connectivity index (χ2v) is 4.63. The van der Waals surface area contributed by atoms with E-state index < -0.39 is 0 Å². The van der Waals surface area contributed by atoms with Crippen LogP contribution in [0.15, 0.2) is 24.4 Å². The molecule has 1 aromatic rings. The van der Waals surface area contributed by atoms with Gasteiger partial charge in [0.05, 0.1) is 0 Å². The van der Waals surface area contributed by atoms with E-state index in [-0.39, 0.29) is 5.91 Å². The minimum absolute atomic E-state index is 0.0238. The first-order valence-electron chi connectivity index (χ1n) is 6.37. The molecule has 1 amide bonds. The Bertz CT molecular complexity index is 387. The zero-order chi connectivity index (χ0) is 13.0. The van der Waals surface area contributed by atoms with Gasteiger partial charge in [-0.3, -0.25) is 14.7 Å². The van der Waals surface area contributed by atoms with Gasteiger partial charge in [-0.1, -0.05) is 6.07 Å². The third kappa shape index (κ3) is 2.86. The molecule has 0 aromatic carbocycles. The molecule has 1 atom stereocenters. The first-order valence-corrected chi connectivity index (χ1v) is 6.37. The highest BCUT2D eigenvalue weighted by Crippen LogP contribution is 2.08. The van der Waals surface area contributed by atoms with Gasteiger partial charge >= 0.3 is 0 Å². The third-order valence-electron chi connectivity index (χ3n) is 3.45. The van der Waals surface area contributed by atoms with Crippen molar-refractivity contribution in [3.05, 3.63) is 30.1 Å². The number of carbonyl (C=O) groups excluding carboxylic acids is 1. The molecule has 5 nitrogen and oxygen atoms in total. The van der Waals surface area contributed by atoms with Gasteiger partial charge in [-0.05, 0) is 19.1 Å². The average Bonchev–Trinajstić information content (AvgIpc) is 2.47. The van der Waals surface area contributed by atoms with Crippen LogP contribution < -0.4 is 5.73 Å². The van der Waals surface area contributed by atoms with Crippen molar-refractivity contribution in [2.45, 2.75) is 13.0 Å². The SMILES string of the molecule is CC(CN)N1CCN(C(=O)c2ccccn2)CC1.